The van der Waals surface area contributed by atoms with Crippen LogP contribution in [0.1, 0.15) is 47.1 Å². The van der Waals surface area contributed by atoms with Crippen LogP contribution in [0, 0.1) is 6.92 Å². The molecule has 0 aliphatic carbocycles. The van der Waals surface area contributed by atoms with Crippen LogP contribution in [0.5, 0.6) is 0 Å². The average molecular weight is 403 g/mol. The van der Waals surface area contributed by atoms with Gasteiger partial charge in [-0.25, -0.2) is 4.68 Å². The molecule has 7 heteroatoms. The van der Waals surface area contributed by atoms with E-state index in [9.17, 15) is 4.79 Å². The number of ketones is 1. The third-order valence-corrected chi connectivity index (χ3v) is 4.97. The smallest absolute Gasteiger partial charge is 0.189 e. The Balaban J connectivity index is 1.80. The molecule has 3 rings (SSSR count). The van der Waals surface area contributed by atoms with Crippen LogP contribution in [-0.4, -0.2) is 25.3 Å². The van der Waals surface area contributed by atoms with E-state index >= 15 is 0 Å². The number of hydrogen-bond donors (Lipinski definition) is 0. The zero-order chi connectivity index (χ0) is 19.6. The van der Waals surface area contributed by atoms with Crippen molar-refractivity contribution in [2.24, 2.45) is 0 Å². The summed E-state index contributed by atoms with van der Waals surface area (Å²) < 4.78 is 3.43. The molecule has 140 valence electrons. The summed E-state index contributed by atoms with van der Waals surface area (Å²) in [6.45, 7) is 6.33. The number of aryl methyl sites for hydroxylation is 1. The number of allylic oxidation sites excluding steroid dienone is 1. The lowest BCUT2D eigenvalue weighted by Gasteiger charge is -2.05. The third kappa shape index (κ3) is 4.31. The first-order valence-electron chi connectivity index (χ1n) is 8.59. The fraction of sp³-hybridized carbons (Fsp3) is 0.250. The van der Waals surface area contributed by atoms with Gasteiger partial charge in [0.15, 0.2) is 5.78 Å². The van der Waals surface area contributed by atoms with E-state index in [4.69, 9.17) is 23.2 Å². The van der Waals surface area contributed by atoms with Crippen LogP contribution in [0.3, 0.4) is 0 Å². The molecule has 0 bridgehead atoms. The van der Waals surface area contributed by atoms with E-state index in [1.165, 1.54) is 6.08 Å². The summed E-state index contributed by atoms with van der Waals surface area (Å²) in [7, 11) is 0. The molecule has 0 spiro atoms. The molecule has 5 nitrogen and oxygen atoms in total. The van der Waals surface area contributed by atoms with E-state index in [2.05, 4.69) is 10.2 Å². The van der Waals surface area contributed by atoms with E-state index < -0.39 is 0 Å². The predicted octanol–water partition coefficient (Wildman–Crippen LogP) is 5.22. The third-order valence-electron chi connectivity index (χ3n) is 4.20. The zero-order valence-corrected chi connectivity index (χ0v) is 16.9. The van der Waals surface area contributed by atoms with Crippen LogP contribution in [0.4, 0.5) is 0 Å². The van der Waals surface area contributed by atoms with Crippen molar-refractivity contribution in [1.29, 1.82) is 0 Å². The number of carbonyl (C=O) groups excluding carboxylic acids is 1. The minimum absolute atomic E-state index is 0.128. The Morgan fingerprint density at radius 1 is 1.26 bits per heavy atom. The summed E-state index contributed by atoms with van der Waals surface area (Å²) in [6.07, 6.45) is 6.51. The number of halogens is 2. The summed E-state index contributed by atoms with van der Waals surface area (Å²) in [5, 5.41) is 9.79. The van der Waals surface area contributed by atoms with Crippen LogP contribution >= 0.6 is 23.2 Å². The van der Waals surface area contributed by atoms with Gasteiger partial charge in [0, 0.05) is 22.8 Å². The number of benzene rings is 1. The van der Waals surface area contributed by atoms with Crippen molar-refractivity contribution in [2.75, 3.05) is 0 Å². The normalized spacial score (nSPS) is 11.6. The molecule has 0 atom stereocenters. The molecule has 0 saturated carbocycles. The highest BCUT2D eigenvalue weighted by atomic mass is 35.5. The maximum Gasteiger partial charge on any atom is 0.189 e. The second-order valence-corrected chi connectivity index (χ2v) is 7.30. The minimum Gasteiger partial charge on any atom is -0.289 e. The molecule has 27 heavy (non-hydrogen) atoms. The summed E-state index contributed by atoms with van der Waals surface area (Å²) in [6, 6.07) is 7.76. The van der Waals surface area contributed by atoms with Crippen molar-refractivity contribution in [3.05, 3.63) is 75.3 Å². The minimum atomic E-state index is -0.128. The number of nitrogens with zero attached hydrogens (tertiary/aromatic N) is 4. The number of hydrogen-bond acceptors (Lipinski definition) is 3. The summed E-state index contributed by atoms with van der Waals surface area (Å²) >= 11 is 12.7. The summed E-state index contributed by atoms with van der Waals surface area (Å²) in [5.74, 6) is -0.128. The lowest BCUT2D eigenvalue weighted by molar-refractivity contribution is 0.104. The molecule has 2 heterocycles. The van der Waals surface area contributed by atoms with Crippen LogP contribution in [0.2, 0.25) is 10.2 Å². The van der Waals surface area contributed by atoms with Crippen molar-refractivity contribution in [2.45, 2.75) is 33.4 Å². The number of rotatable bonds is 6. The van der Waals surface area contributed by atoms with E-state index in [0.29, 0.717) is 27.8 Å². The molecule has 1 aromatic carbocycles. The lowest BCUT2D eigenvalue weighted by Crippen LogP contribution is -2.02. The first-order valence-corrected chi connectivity index (χ1v) is 9.35. The SMILES string of the molecule is Cc1nn(Cc2ccccc2Cl)c(Cl)c1C=CC(=O)c1cnn(C(C)C)c1. The van der Waals surface area contributed by atoms with Gasteiger partial charge in [-0.1, -0.05) is 41.4 Å². The quantitative estimate of drug-likeness (QED) is 0.419. The van der Waals surface area contributed by atoms with Crippen molar-refractivity contribution >= 4 is 35.1 Å². The number of aromatic nitrogens is 4. The topological polar surface area (TPSA) is 52.7 Å². The lowest BCUT2D eigenvalue weighted by atomic mass is 10.1. The standard InChI is InChI=1S/C20H20Cl2N4O/c1-13(2)25-12-16(10-23-25)19(27)9-8-17-14(3)24-26(20(17)22)11-15-6-4-5-7-18(15)21/h4-10,12-13H,11H2,1-3H3. The Morgan fingerprint density at radius 2 is 2.00 bits per heavy atom. The highest BCUT2D eigenvalue weighted by Gasteiger charge is 2.14. The molecular weight excluding hydrogens is 383 g/mol. The van der Waals surface area contributed by atoms with Gasteiger partial charge in [-0.05, 0) is 44.6 Å². The van der Waals surface area contributed by atoms with Crippen LogP contribution in [0.25, 0.3) is 6.08 Å². The van der Waals surface area contributed by atoms with Gasteiger partial charge in [-0.15, -0.1) is 0 Å². The Morgan fingerprint density at radius 3 is 2.67 bits per heavy atom. The van der Waals surface area contributed by atoms with Crippen LogP contribution < -0.4 is 0 Å². The highest BCUT2D eigenvalue weighted by molar-refractivity contribution is 6.32. The van der Waals surface area contributed by atoms with Gasteiger partial charge in [0.05, 0.1) is 24.0 Å². The highest BCUT2D eigenvalue weighted by Crippen LogP contribution is 2.24. The summed E-state index contributed by atoms with van der Waals surface area (Å²) in [4.78, 5) is 12.4. The summed E-state index contributed by atoms with van der Waals surface area (Å²) in [5.41, 5.74) is 2.93. The Labute approximate surface area is 168 Å². The Kier molecular flexibility index (Phi) is 5.82. The monoisotopic (exact) mass is 402 g/mol. The maximum atomic E-state index is 12.4. The van der Waals surface area contributed by atoms with Crippen LogP contribution in [-0.2, 0) is 6.54 Å². The van der Waals surface area contributed by atoms with Crippen molar-refractivity contribution in [3.8, 4) is 0 Å². The molecule has 0 N–H and O–H groups in total. The molecular formula is C20H20Cl2N4O. The van der Waals surface area contributed by atoms with Crippen LogP contribution in [0.15, 0.2) is 42.7 Å². The zero-order valence-electron chi connectivity index (χ0n) is 15.4. The van der Waals surface area contributed by atoms with Gasteiger partial charge in [0.25, 0.3) is 0 Å². The second kappa shape index (κ2) is 8.11. The van der Waals surface area contributed by atoms with Gasteiger partial charge in [-0.3, -0.25) is 9.48 Å². The van der Waals surface area contributed by atoms with E-state index in [-0.39, 0.29) is 11.8 Å². The average Bonchev–Trinajstić information content (AvgIpc) is 3.22. The van der Waals surface area contributed by atoms with E-state index in [1.54, 1.807) is 27.8 Å². The molecule has 0 fully saturated rings. The second-order valence-electron chi connectivity index (χ2n) is 6.54. The fourth-order valence-electron chi connectivity index (χ4n) is 2.65. The molecule has 2 aromatic heterocycles. The first kappa shape index (κ1) is 19.4. The first-order chi connectivity index (χ1) is 12.9. The van der Waals surface area contributed by atoms with E-state index in [0.717, 1.165) is 11.3 Å². The predicted molar refractivity (Wildman–Crippen MR) is 109 cm³/mol. The molecule has 0 saturated heterocycles. The van der Waals surface area contributed by atoms with Gasteiger partial charge in [0.1, 0.15) is 5.15 Å². The Hall–Kier alpha value is -2.37. The molecule has 0 aliphatic rings. The largest absolute Gasteiger partial charge is 0.289 e. The fourth-order valence-corrected chi connectivity index (χ4v) is 3.14. The van der Waals surface area contributed by atoms with Gasteiger partial charge < -0.3 is 0 Å². The molecule has 0 aliphatic heterocycles. The van der Waals surface area contributed by atoms with Crippen molar-refractivity contribution in [1.82, 2.24) is 19.6 Å². The van der Waals surface area contributed by atoms with Crippen molar-refractivity contribution in [3.63, 3.8) is 0 Å². The molecule has 0 amide bonds. The molecule has 3 aromatic rings. The molecule has 0 unspecified atom stereocenters. The molecule has 0 radical (unpaired) electrons. The number of carbonyl (C=O) groups is 1. The van der Waals surface area contributed by atoms with Gasteiger partial charge in [-0.2, -0.15) is 10.2 Å². The van der Waals surface area contributed by atoms with Gasteiger partial charge in [0.2, 0.25) is 0 Å². The van der Waals surface area contributed by atoms with Crippen molar-refractivity contribution < 1.29 is 4.79 Å². The Bertz CT molecular complexity index is 1000. The van der Waals surface area contributed by atoms with Gasteiger partial charge >= 0.3 is 0 Å². The van der Waals surface area contributed by atoms with E-state index in [1.807, 2.05) is 45.0 Å². The maximum absolute atomic E-state index is 12.4.